The third-order valence-electron chi connectivity index (χ3n) is 2.88. The van der Waals surface area contributed by atoms with E-state index in [1.54, 1.807) is 0 Å². The summed E-state index contributed by atoms with van der Waals surface area (Å²) in [7, 11) is -3.83. The Labute approximate surface area is 107 Å². The Morgan fingerprint density at radius 3 is 2.61 bits per heavy atom. The van der Waals surface area contributed by atoms with Gasteiger partial charge in [0.2, 0.25) is 10.0 Å². The molecule has 0 saturated heterocycles. The van der Waals surface area contributed by atoms with E-state index in [-0.39, 0.29) is 11.4 Å². The second-order valence-electron chi connectivity index (χ2n) is 4.38. The van der Waals surface area contributed by atoms with E-state index in [2.05, 4.69) is 5.92 Å². The average molecular weight is 267 g/mol. The maximum absolute atomic E-state index is 13.6. The van der Waals surface area contributed by atoms with Crippen molar-refractivity contribution >= 4 is 10.0 Å². The van der Waals surface area contributed by atoms with Crippen LogP contribution in [-0.4, -0.2) is 25.8 Å². The Hall–Kier alpha value is -1.38. The Kier molecular flexibility index (Phi) is 3.69. The zero-order valence-electron chi connectivity index (χ0n) is 9.84. The second-order valence-corrected chi connectivity index (χ2v) is 6.28. The molecular formula is C13H14FNO2S. The van der Waals surface area contributed by atoms with Gasteiger partial charge >= 0.3 is 0 Å². The summed E-state index contributed by atoms with van der Waals surface area (Å²) in [4.78, 5) is -0.305. The fourth-order valence-corrected chi connectivity index (χ4v) is 3.23. The lowest BCUT2D eigenvalue weighted by Crippen LogP contribution is -2.33. The van der Waals surface area contributed by atoms with Gasteiger partial charge in [-0.2, -0.15) is 4.31 Å². The average Bonchev–Trinajstić information content (AvgIpc) is 3.13. The highest BCUT2D eigenvalue weighted by atomic mass is 32.2. The number of sulfonamides is 1. The van der Waals surface area contributed by atoms with Crippen molar-refractivity contribution in [2.75, 3.05) is 13.1 Å². The van der Waals surface area contributed by atoms with Crippen molar-refractivity contribution in [3.8, 4) is 12.3 Å². The minimum absolute atomic E-state index is 0.0207. The van der Waals surface area contributed by atoms with Gasteiger partial charge in [-0.1, -0.05) is 18.1 Å². The lowest BCUT2D eigenvalue weighted by Gasteiger charge is -2.19. The molecule has 1 aromatic rings. The van der Waals surface area contributed by atoms with Crippen LogP contribution in [0.15, 0.2) is 29.2 Å². The van der Waals surface area contributed by atoms with Crippen LogP contribution in [-0.2, 0) is 10.0 Å². The number of nitrogens with zero attached hydrogens (tertiary/aromatic N) is 1. The highest BCUT2D eigenvalue weighted by Gasteiger charge is 2.32. The van der Waals surface area contributed by atoms with E-state index in [1.807, 2.05) is 0 Å². The van der Waals surface area contributed by atoms with Crippen LogP contribution >= 0.6 is 0 Å². The molecule has 0 spiro atoms. The van der Waals surface area contributed by atoms with E-state index in [0.717, 1.165) is 18.9 Å². The van der Waals surface area contributed by atoms with Crippen LogP contribution in [0, 0.1) is 24.1 Å². The molecule has 0 bridgehead atoms. The van der Waals surface area contributed by atoms with Crippen LogP contribution < -0.4 is 0 Å². The molecule has 18 heavy (non-hydrogen) atoms. The number of terminal acetylenes is 1. The van der Waals surface area contributed by atoms with Gasteiger partial charge in [0.1, 0.15) is 10.7 Å². The maximum Gasteiger partial charge on any atom is 0.246 e. The smallest absolute Gasteiger partial charge is 0.207 e. The quantitative estimate of drug-likeness (QED) is 0.764. The van der Waals surface area contributed by atoms with Crippen LogP contribution in [0.2, 0.25) is 0 Å². The summed E-state index contributed by atoms with van der Waals surface area (Å²) in [5.74, 6) is 1.94. The minimum atomic E-state index is -3.83. The lowest BCUT2D eigenvalue weighted by atomic mass is 10.3. The molecule has 1 aliphatic carbocycles. The topological polar surface area (TPSA) is 37.4 Å². The molecule has 0 aliphatic heterocycles. The fourth-order valence-electron chi connectivity index (χ4n) is 1.73. The Morgan fingerprint density at radius 2 is 2.06 bits per heavy atom. The van der Waals surface area contributed by atoms with Crippen LogP contribution in [0.3, 0.4) is 0 Å². The van der Waals surface area contributed by atoms with Gasteiger partial charge in [0.05, 0.1) is 6.54 Å². The fraction of sp³-hybridized carbons (Fsp3) is 0.385. The van der Waals surface area contributed by atoms with Gasteiger partial charge in [0.15, 0.2) is 0 Å². The van der Waals surface area contributed by atoms with Gasteiger partial charge in [-0.15, -0.1) is 6.42 Å². The van der Waals surface area contributed by atoms with Crippen molar-refractivity contribution in [1.82, 2.24) is 4.31 Å². The highest BCUT2D eigenvalue weighted by Crippen LogP contribution is 2.31. The number of rotatable bonds is 5. The first-order valence-corrected chi connectivity index (χ1v) is 7.18. The molecule has 96 valence electrons. The standard InChI is InChI=1S/C13H14FNO2S/c1-2-9-15(10-11-7-8-11)18(16,17)13-6-4-3-5-12(13)14/h1,3-6,11H,7-10H2. The molecule has 1 saturated carbocycles. The molecule has 1 aromatic carbocycles. The summed E-state index contributed by atoms with van der Waals surface area (Å²) in [6, 6.07) is 5.36. The predicted octanol–water partition coefficient (Wildman–Crippen LogP) is 1.86. The Morgan fingerprint density at radius 1 is 1.39 bits per heavy atom. The molecule has 1 fully saturated rings. The van der Waals surface area contributed by atoms with E-state index in [1.165, 1.54) is 22.5 Å². The van der Waals surface area contributed by atoms with Crippen molar-refractivity contribution in [1.29, 1.82) is 0 Å². The molecule has 0 heterocycles. The summed E-state index contributed by atoms with van der Waals surface area (Å²) in [5, 5.41) is 0. The van der Waals surface area contributed by atoms with E-state index in [9.17, 15) is 12.8 Å². The molecule has 2 rings (SSSR count). The monoisotopic (exact) mass is 267 g/mol. The third kappa shape index (κ3) is 2.71. The molecule has 0 radical (unpaired) electrons. The molecule has 3 nitrogen and oxygen atoms in total. The maximum atomic E-state index is 13.6. The first kappa shape index (κ1) is 13.1. The van der Waals surface area contributed by atoms with E-state index in [0.29, 0.717) is 12.5 Å². The van der Waals surface area contributed by atoms with E-state index < -0.39 is 15.8 Å². The van der Waals surface area contributed by atoms with E-state index in [4.69, 9.17) is 6.42 Å². The molecule has 0 N–H and O–H groups in total. The van der Waals surface area contributed by atoms with Crippen molar-refractivity contribution in [2.45, 2.75) is 17.7 Å². The summed E-state index contributed by atoms with van der Waals surface area (Å²) in [6.45, 7) is 0.355. The number of halogens is 1. The van der Waals surface area contributed by atoms with E-state index >= 15 is 0 Å². The van der Waals surface area contributed by atoms with Gasteiger partial charge in [0.25, 0.3) is 0 Å². The summed E-state index contributed by atoms with van der Waals surface area (Å²) >= 11 is 0. The normalized spacial score (nSPS) is 15.6. The van der Waals surface area contributed by atoms with Crippen molar-refractivity contribution in [3.63, 3.8) is 0 Å². The molecule has 0 aromatic heterocycles. The first-order chi connectivity index (χ1) is 8.55. The number of hydrogen-bond acceptors (Lipinski definition) is 2. The second kappa shape index (κ2) is 5.09. The third-order valence-corrected chi connectivity index (χ3v) is 4.73. The van der Waals surface area contributed by atoms with Crippen molar-refractivity contribution < 1.29 is 12.8 Å². The Bertz CT molecular complexity index is 573. The van der Waals surface area contributed by atoms with Gasteiger partial charge in [-0.25, -0.2) is 12.8 Å². The van der Waals surface area contributed by atoms with Gasteiger partial charge < -0.3 is 0 Å². The summed E-state index contributed by atoms with van der Waals surface area (Å²) < 4.78 is 39.4. The molecule has 0 amide bonds. The largest absolute Gasteiger partial charge is 0.246 e. The van der Waals surface area contributed by atoms with Crippen LogP contribution in [0.25, 0.3) is 0 Å². The number of hydrogen-bond donors (Lipinski definition) is 0. The predicted molar refractivity (Wildman–Crippen MR) is 66.7 cm³/mol. The van der Waals surface area contributed by atoms with Crippen LogP contribution in [0.5, 0.6) is 0 Å². The van der Waals surface area contributed by atoms with Gasteiger partial charge in [-0.3, -0.25) is 0 Å². The molecule has 0 atom stereocenters. The molecule has 5 heteroatoms. The molecule has 0 unspecified atom stereocenters. The van der Waals surface area contributed by atoms with Crippen molar-refractivity contribution in [3.05, 3.63) is 30.1 Å². The SMILES string of the molecule is C#CCN(CC1CC1)S(=O)(=O)c1ccccc1F. The highest BCUT2D eigenvalue weighted by molar-refractivity contribution is 7.89. The van der Waals surface area contributed by atoms with Gasteiger partial charge in [-0.05, 0) is 30.9 Å². The molecule has 1 aliphatic rings. The summed E-state index contributed by atoms with van der Waals surface area (Å²) in [6.07, 6.45) is 7.20. The van der Waals surface area contributed by atoms with Crippen molar-refractivity contribution in [2.24, 2.45) is 5.92 Å². The Balaban J connectivity index is 2.32. The first-order valence-electron chi connectivity index (χ1n) is 5.74. The number of benzene rings is 1. The van der Waals surface area contributed by atoms with Gasteiger partial charge in [0, 0.05) is 6.54 Å². The molecular weight excluding hydrogens is 253 g/mol. The van der Waals surface area contributed by atoms with Crippen LogP contribution in [0.1, 0.15) is 12.8 Å². The minimum Gasteiger partial charge on any atom is -0.207 e. The lowest BCUT2D eigenvalue weighted by molar-refractivity contribution is 0.426. The zero-order chi connectivity index (χ0) is 13.2. The van der Waals surface area contributed by atoms with Crippen LogP contribution in [0.4, 0.5) is 4.39 Å². The summed E-state index contributed by atoms with van der Waals surface area (Å²) in [5.41, 5.74) is 0. The zero-order valence-corrected chi connectivity index (χ0v) is 10.7.